The topological polar surface area (TPSA) is 23.5 Å². The van der Waals surface area contributed by atoms with Crippen LogP contribution in [0.2, 0.25) is 0 Å². The molecule has 1 atom stereocenters. The molecule has 0 amide bonds. The number of rotatable bonds is 2. The van der Waals surface area contributed by atoms with Crippen LogP contribution in [0.4, 0.5) is 0 Å². The van der Waals surface area contributed by atoms with Gasteiger partial charge in [0.2, 0.25) is 0 Å². The van der Waals surface area contributed by atoms with Crippen LogP contribution in [-0.4, -0.2) is 28.6 Å². The van der Waals surface area contributed by atoms with Crippen molar-refractivity contribution in [1.29, 1.82) is 0 Å². The van der Waals surface area contributed by atoms with E-state index in [0.29, 0.717) is 0 Å². The quantitative estimate of drug-likeness (QED) is 0.690. The maximum atomic E-state index is 9.65. The van der Waals surface area contributed by atoms with Crippen LogP contribution in [0.1, 0.15) is 41.5 Å². The second-order valence-electron chi connectivity index (χ2n) is 6.04. The third-order valence-corrected chi connectivity index (χ3v) is 2.58. The van der Waals surface area contributed by atoms with Crippen LogP contribution >= 0.6 is 0 Å². The van der Waals surface area contributed by atoms with E-state index in [4.69, 9.17) is 0 Å². The maximum absolute atomic E-state index is 9.65. The summed E-state index contributed by atoms with van der Waals surface area (Å²) in [5, 5.41) is 9.65. The highest BCUT2D eigenvalue weighted by Crippen LogP contribution is 2.31. The van der Waals surface area contributed by atoms with E-state index in [9.17, 15) is 5.11 Å². The minimum absolute atomic E-state index is 0.00609. The first-order chi connectivity index (χ1) is 5.98. The zero-order valence-corrected chi connectivity index (χ0v) is 10.7. The monoisotopic (exact) mass is 199 g/mol. The van der Waals surface area contributed by atoms with Crippen LogP contribution in [0, 0.1) is 5.41 Å². The molecule has 2 nitrogen and oxygen atoms in total. The van der Waals surface area contributed by atoms with Gasteiger partial charge in [-0.3, -0.25) is 4.90 Å². The molecule has 0 unspecified atom stereocenters. The summed E-state index contributed by atoms with van der Waals surface area (Å²) < 4.78 is 0. The molecular formula is C12H25NO. The van der Waals surface area contributed by atoms with E-state index in [-0.39, 0.29) is 22.8 Å². The highest BCUT2D eigenvalue weighted by Gasteiger charge is 2.35. The highest BCUT2D eigenvalue weighted by atomic mass is 16.3. The predicted octanol–water partition coefficient (Wildman–Crippen LogP) is 3.20. The van der Waals surface area contributed by atoms with Crippen molar-refractivity contribution in [3.05, 3.63) is 12.3 Å². The Labute approximate surface area is 88.6 Å². The van der Waals surface area contributed by atoms with Gasteiger partial charge in [0.05, 0.1) is 6.04 Å². The summed E-state index contributed by atoms with van der Waals surface area (Å²) in [5.74, 6) is 0.245. The molecule has 0 aromatic rings. The van der Waals surface area contributed by atoms with E-state index in [1.807, 2.05) is 7.05 Å². The highest BCUT2D eigenvalue weighted by molar-refractivity contribution is 5.04. The maximum Gasteiger partial charge on any atom is 0.103 e. The third kappa shape index (κ3) is 3.33. The van der Waals surface area contributed by atoms with Crippen molar-refractivity contribution in [2.45, 2.75) is 53.1 Å². The Balaban J connectivity index is 4.96. The van der Waals surface area contributed by atoms with Crippen LogP contribution in [0.3, 0.4) is 0 Å². The molecule has 0 radical (unpaired) electrons. The van der Waals surface area contributed by atoms with Gasteiger partial charge in [-0.05, 0) is 33.2 Å². The Kier molecular flexibility index (Phi) is 3.79. The lowest BCUT2D eigenvalue weighted by molar-refractivity contribution is 0.0450. The zero-order valence-electron chi connectivity index (χ0n) is 10.7. The molecule has 0 rings (SSSR count). The minimum atomic E-state index is -0.0116. The summed E-state index contributed by atoms with van der Waals surface area (Å²) >= 11 is 0. The second-order valence-corrected chi connectivity index (χ2v) is 6.04. The molecule has 0 spiro atoms. The van der Waals surface area contributed by atoms with E-state index in [1.54, 1.807) is 0 Å². The van der Waals surface area contributed by atoms with Crippen LogP contribution in [-0.2, 0) is 0 Å². The lowest BCUT2D eigenvalue weighted by Gasteiger charge is -2.44. The number of hydrogen-bond donors (Lipinski definition) is 1. The van der Waals surface area contributed by atoms with Crippen LogP contribution in [0.5, 0.6) is 0 Å². The van der Waals surface area contributed by atoms with Crippen molar-refractivity contribution >= 4 is 0 Å². The van der Waals surface area contributed by atoms with Gasteiger partial charge in [-0.1, -0.05) is 27.4 Å². The lowest BCUT2D eigenvalue weighted by atomic mass is 9.83. The summed E-state index contributed by atoms with van der Waals surface area (Å²) in [4.78, 5) is 2.16. The van der Waals surface area contributed by atoms with Crippen molar-refractivity contribution in [2.24, 2.45) is 5.41 Å². The largest absolute Gasteiger partial charge is 0.511 e. The molecule has 1 N–H and O–H groups in total. The number of aliphatic hydroxyl groups is 1. The first kappa shape index (κ1) is 13.5. The van der Waals surface area contributed by atoms with E-state index in [1.165, 1.54) is 0 Å². The van der Waals surface area contributed by atoms with Gasteiger partial charge < -0.3 is 5.11 Å². The van der Waals surface area contributed by atoms with Gasteiger partial charge in [0, 0.05) is 5.54 Å². The standard InChI is InChI=1S/C12H25NO/c1-9(14)10(11(2,3)4)13(8)12(5,6)7/h10,14H,1H2,2-8H3/t10-/m0/s1. The molecular weight excluding hydrogens is 174 g/mol. The van der Waals surface area contributed by atoms with Gasteiger partial charge in [-0.25, -0.2) is 0 Å². The molecule has 0 heterocycles. The number of aliphatic hydroxyl groups excluding tert-OH is 1. The summed E-state index contributed by atoms with van der Waals surface area (Å²) in [6.07, 6.45) is 0. The average Bonchev–Trinajstić information content (AvgIpc) is 1.79. The van der Waals surface area contributed by atoms with Crippen LogP contribution in [0.15, 0.2) is 12.3 Å². The molecule has 0 aliphatic carbocycles. The van der Waals surface area contributed by atoms with E-state index in [2.05, 4.69) is 53.0 Å². The molecule has 0 saturated carbocycles. The fraction of sp³-hybridized carbons (Fsp3) is 0.833. The second kappa shape index (κ2) is 3.93. The van der Waals surface area contributed by atoms with Gasteiger partial charge >= 0.3 is 0 Å². The van der Waals surface area contributed by atoms with Gasteiger partial charge in [-0.2, -0.15) is 0 Å². The summed E-state index contributed by atoms with van der Waals surface area (Å²) in [6, 6.07) is -0.0116. The van der Waals surface area contributed by atoms with Crippen molar-refractivity contribution in [3.63, 3.8) is 0 Å². The third-order valence-electron chi connectivity index (χ3n) is 2.58. The molecule has 2 heteroatoms. The number of nitrogens with zero attached hydrogens (tertiary/aromatic N) is 1. The zero-order chi connectivity index (χ0) is 11.7. The SMILES string of the molecule is C=C(O)[C@H](N(C)C(C)(C)C)C(C)(C)C. The number of hydrogen-bond acceptors (Lipinski definition) is 2. The Morgan fingerprint density at radius 1 is 1.14 bits per heavy atom. The van der Waals surface area contributed by atoms with Gasteiger partial charge in [0.25, 0.3) is 0 Å². The molecule has 0 aliphatic heterocycles. The molecule has 0 aromatic heterocycles. The van der Waals surface area contributed by atoms with Crippen LogP contribution < -0.4 is 0 Å². The van der Waals surface area contributed by atoms with Gasteiger partial charge in [0.15, 0.2) is 0 Å². The fourth-order valence-corrected chi connectivity index (χ4v) is 1.69. The first-order valence-corrected chi connectivity index (χ1v) is 5.08. The Bertz CT molecular complexity index is 207. The van der Waals surface area contributed by atoms with E-state index >= 15 is 0 Å². The molecule has 0 aliphatic rings. The van der Waals surface area contributed by atoms with Crippen LogP contribution in [0.25, 0.3) is 0 Å². The van der Waals surface area contributed by atoms with Crippen molar-refractivity contribution < 1.29 is 5.11 Å². The van der Waals surface area contributed by atoms with Crippen molar-refractivity contribution in [2.75, 3.05) is 7.05 Å². The molecule has 14 heavy (non-hydrogen) atoms. The van der Waals surface area contributed by atoms with Gasteiger partial charge in [-0.15, -0.1) is 0 Å². The molecule has 0 fully saturated rings. The molecule has 0 bridgehead atoms. The first-order valence-electron chi connectivity index (χ1n) is 5.08. The summed E-state index contributed by atoms with van der Waals surface area (Å²) in [7, 11) is 2.03. The Morgan fingerprint density at radius 3 is 1.57 bits per heavy atom. The summed E-state index contributed by atoms with van der Waals surface area (Å²) in [5.41, 5.74) is 0.0253. The van der Waals surface area contributed by atoms with E-state index < -0.39 is 0 Å². The normalized spacial score (nSPS) is 15.7. The molecule has 84 valence electrons. The van der Waals surface area contributed by atoms with Crippen molar-refractivity contribution in [1.82, 2.24) is 4.90 Å². The lowest BCUT2D eigenvalue weighted by Crippen LogP contribution is -2.51. The average molecular weight is 199 g/mol. The van der Waals surface area contributed by atoms with Gasteiger partial charge in [0.1, 0.15) is 5.76 Å². The predicted molar refractivity (Wildman–Crippen MR) is 62.5 cm³/mol. The Morgan fingerprint density at radius 2 is 1.50 bits per heavy atom. The van der Waals surface area contributed by atoms with Crippen molar-refractivity contribution in [3.8, 4) is 0 Å². The smallest absolute Gasteiger partial charge is 0.103 e. The fourth-order valence-electron chi connectivity index (χ4n) is 1.69. The Hall–Kier alpha value is -0.500. The molecule has 0 aromatic carbocycles. The number of likely N-dealkylation sites (N-methyl/N-ethyl adjacent to an activating group) is 1. The summed E-state index contributed by atoms with van der Waals surface area (Å²) in [6.45, 7) is 16.4. The van der Waals surface area contributed by atoms with E-state index in [0.717, 1.165) is 0 Å². The molecule has 0 saturated heterocycles. The minimum Gasteiger partial charge on any atom is -0.511 e.